The van der Waals surface area contributed by atoms with Gasteiger partial charge in [0, 0.05) is 28.9 Å². The molecule has 0 radical (unpaired) electrons. The molecule has 1 unspecified atom stereocenters. The molecule has 2 aromatic carbocycles. The topological polar surface area (TPSA) is 24.5 Å². The number of benzene rings is 2. The highest BCUT2D eigenvalue weighted by molar-refractivity contribution is 5.63. The van der Waals surface area contributed by atoms with Gasteiger partial charge in [0.15, 0.2) is 0 Å². The zero-order valence-electron chi connectivity index (χ0n) is 16.5. The summed E-state index contributed by atoms with van der Waals surface area (Å²) in [5.74, 6) is 1.73. The highest BCUT2D eigenvalue weighted by Gasteiger charge is 2.52. The SMILES string of the molecule is COc1cccc(Nc2ccc3c(c2)C24CCCC[C@H]2[C@@H](C3)N(C)CC4)c1. The van der Waals surface area contributed by atoms with E-state index in [4.69, 9.17) is 4.74 Å². The minimum atomic E-state index is 0.412. The number of hydrogen-bond acceptors (Lipinski definition) is 3. The van der Waals surface area contributed by atoms with E-state index in [0.29, 0.717) is 5.41 Å². The van der Waals surface area contributed by atoms with E-state index < -0.39 is 0 Å². The molecule has 3 aliphatic rings. The van der Waals surface area contributed by atoms with Crippen LogP contribution in [-0.2, 0) is 11.8 Å². The zero-order valence-corrected chi connectivity index (χ0v) is 16.5. The molecule has 1 saturated carbocycles. The Hall–Kier alpha value is -2.00. The first-order valence-electron chi connectivity index (χ1n) is 10.4. The summed E-state index contributed by atoms with van der Waals surface area (Å²) in [6.07, 6.45) is 8.12. The molecule has 2 aliphatic carbocycles. The number of rotatable bonds is 3. The number of piperidine rings is 1. The molecule has 1 aliphatic heterocycles. The number of nitrogens with zero attached hydrogens (tertiary/aromatic N) is 1. The molecule has 3 heteroatoms. The Bertz CT molecular complexity index is 848. The van der Waals surface area contributed by atoms with Crippen molar-refractivity contribution >= 4 is 11.4 Å². The molecular weight excluding hydrogens is 332 g/mol. The van der Waals surface area contributed by atoms with E-state index in [1.165, 1.54) is 50.8 Å². The van der Waals surface area contributed by atoms with Crippen molar-refractivity contribution in [2.75, 3.05) is 26.0 Å². The van der Waals surface area contributed by atoms with Crippen molar-refractivity contribution in [3.63, 3.8) is 0 Å². The van der Waals surface area contributed by atoms with Gasteiger partial charge in [-0.1, -0.05) is 25.0 Å². The maximum Gasteiger partial charge on any atom is 0.120 e. The van der Waals surface area contributed by atoms with Crippen LogP contribution in [0.25, 0.3) is 0 Å². The Labute approximate surface area is 162 Å². The molecule has 0 aromatic heterocycles. The van der Waals surface area contributed by atoms with E-state index in [1.54, 1.807) is 18.2 Å². The van der Waals surface area contributed by atoms with E-state index in [9.17, 15) is 0 Å². The number of ether oxygens (including phenoxy) is 1. The lowest BCUT2D eigenvalue weighted by Gasteiger charge is -2.58. The van der Waals surface area contributed by atoms with Gasteiger partial charge >= 0.3 is 0 Å². The molecule has 0 spiro atoms. The fourth-order valence-electron chi connectivity index (χ4n) is 6.14. The van der Waals surface area contributed by atoms with Crippen molar-refractivity contribution < 1.29 is 4.74 Å². The van der Waals surface area contributed by atoms with Crippen LogP contribution in [0, 0.1) is 5.92 Å². The lowest BCUT2D eigenvalue weighted by atomic mass is 9.52. The van der Waals surface area contributed by atoms with Gasteiger partial charge in [-0.15, -0.1) is 0 Å². The average Bonchev–Trinajstić information content (AvgIpc) is 2.71. The first kappa shape index (κ1) is 17.1. The third-order valence-electron chi connectivity index (χ3n) is 7.47. The summed E-state index contributed by atoms with van der Waals surface area (Å²) >= 11 is 0. The normalized spacial score (nSPS) is 29.6. The highest BCUT2D eigenvalue weighted by atomic mass is 16.5. The molecule has 2 bridgehead atoms. The number of likely N-dealkylation sites (N-methyl/N-ethyl adjacent to an activating group) is 1. The van der Waals surface area contributed by atoms with Gasteiger partial charge in [0.2, 0.25) is 0 Å². The molecule has 3 nitrogen and oxygen atoms in total. The predicted molar refractivity (Wildman–Crippen MR) is 111 cm³/mol. The molecule has 1 saturated heterocycles. The summed E-state index contributed by atoms with van der Waals surface area (Å²) in [5, 5.41) is 3.61. The smallest absolute Gasteiger partial charge is 0.120 e. The van der Waals surface area contributed by atoms with Gasteiger partial charge in [-0.25, -0.2) is 0 Å². The second-order valence-corrected chi connectivity index (χ2v) is 8.74. The second kappa shape index (κ2) is 6.56. The number of methoxy groups -OCH3 is 1. The molecule has 27 heavy (non-hydrogen) atoms. The minimum Gasteiger partial charge on any atom is -0.497 e. The third kappa shape index (κ3) is 2.75. The Morgan fingerprint density at radius 3 is 2.85 bits per heavy atom. The summed E-state index contributed by atoms with van der Waals surface area (Å²) in [6, 6.07) is 16.0. The fraction of sp³-hybridized carbons (Fsp3) is 0.500. The molecule has 142 valence electrons. The van der Waals surface area contributed by atoms with Crippen molar-refractivity contribution in [2.45, 2.75) is 50.0 Å². The van der Waals surface area contributed by atoms with Gasteiger partial charge in [-0.2, -0.15) is 0 Å². The predicted octanol–water partition coefficient (Wildman–Crippen LogP) is 5.13. The standard InChI is InChI=1S/C24H30N2O/c1-26-13-12-24-11-4-3-8-21(24)23(26)14-17-9-10-19(16-22(17)24)25-18-6-5-7-20(15-18)27-2/h5-7,9-10,15-16,21,23,25H,3-4,8,11-14H2,1-2H3/t21-,23+,24?/m0/s1. The van der Waals surface area contributed by atoms with Crippen LogP contribution in [0.3, 0.4) is 0 Å². The van der Waals surface area contributed by atoms with Crippen molar-refractivity contribution in [2.24, 2.45) is 5.92 Å². The largest absolute Gasteiger partial charge is 0.497 e. The molecule has 5 rings (SSSR count). The molecular formula is C24H30N2O. The number of likely N-dealkylation sites (tertiary alicyclic amines) is 1. The van der Waals surface area contributed by atoms with Crippen molar-refractivity contribution in [1.82, 2.24) is 4.90 Å². The van der Waals surface area contributed by atoms with Crippen LogP contribution in [0.2, 0.25) is 0 Å². The van der Waals surface area contributed by atoms with E-state index >= 15 is 0 Å². The number of nitrogens with one attached hydrogen (secondary N) is 1. The molecule has 1 N–H and O–H groups in total. The van der Waals surface area contributed by atoms with Gasteiger partial charge in [0.1, 0.15) is 5.75 Å². The number of anilines is 2. The Morgan fingerprint density at radius 1 is 1.07 bits per heavy atom. The molecule has 2 aromatic rings. The molecule has 1 heterocycles. The molecule has 0 amide bonds. The van der Waals surface area contributed by atoms with Gasteiger partial charge in [-0.05, 0) is 80.6 Å². The summed E-state index contributed by atoms with van der Waals surface area (Å²) < 4.78 is 5.37. The first-order chi connectivity index (χ1) is 13.2. The first-order valence-corrected chi connectivity index (χ1v) is 10.4. The lowest BCUT2D eigenvalue weighted by molar-refractivity contribution is 0.00290. The summed E-state index contributed by atoms with van der Waals surface area (Å²) in [5.41, 5.74) is 5.93. The van der Waals surface area contributed by atoms with Crippen LogP contribution < -0.4 is 10.1 Å². The van der Waals surface area contributed by atoms with Crippen molar-refractivity contribution in [3.05, 3.63) is 53.6 Å². The van der Waals surface area contributed by atoms with Gasteiger partial charge in [0.25, 0.3) is 0 Å². The maximum absolute atomic E-state index is 5.37. The second-order valence-electron chi connectivity index (χ2n) is 8.74. The van der Waals surface area contributed by atoms with E-state index in [0.717, 1.165) is 23.4 Å². The number of hydrogen-bond donors (Lipinski definition) is 1. The van der Waals surface area contributed by atoms with Gasteiger partial charge in [-0.3, -0.25) is 0 Å². The Kier molecular flexibility index (Phi) is 4.16. The third-order valence-corrected chi connectivity index (χ3v) is 7.47. The van der Waals surface area contributed by atoms with Crippen LogP contribution >= 0.6 is 0 Å². The summed E-state index contributed by atoms with van der Waals surface area (Å²) in [4.78, 5) is 2.64. The van der Waals surface area contributed by atoms with Crippen molar-refractivity contribution in [3.8, 4) is 5.75 Å². The monoisotopic (exact) mass is 362 g/mol. The average molecular weight is 363 g/mol. The van der Waals surface area contributed by atoms with Crippen LogP contribution in [0.1, 0.15) is 43.2 Å². The van der Waals surface area contributed by atoms with E-state index in [1.807, 2.05) is 12.1 Å². The lowest BCUT2D eigenvalue weighted by Crippen LogP contribution is -2.59. The van der Waals surface area contributed by atoms with Crippen molar-refractivity contribution in [1.29, 1.82) is 0 Å². The minimum absolute atomic E-state index is 0.412. The van der Waals surface area contributed by atoms with Crippen LogP contribution in [0.4, 0.5) is 11.4 Å². The van der Waals surface area contributed by atoms with Gasteiger partial charge in [0.05, 0.1) is 7.11 Å². The van der Waals surface area contributed by atoms with Gasteiger partial charge < -0.3 is 15.0 Å². The molecule has 3 atom stereocenters. The van der Waals surface area contributed by atoms with E-state index in [2.05, 4.69) is 47.6 Å². The number of fused-ring (bicyclic) bond motifs is 1. The van der Waals surface area contributed by atoms with Crippen LogP contribution in [0.5, 0.6) is 5.75 Å². The summed E-state index contributed by atoms with van der Waals surface area (Å²) in [7, 11) is 4.06. The summed E-state index contributed by atoms with van der Waals surface area (Å²) in [6.45, 7) is 1.24. The fourth-order valence-corrected chi connectivity index (χ4v) is 6.14. The zero-order chi connectivity index (χ0) is 18.4. The van der Waals surface area contributed by atoms with E-state index in [-0.39, 0.29) is 0 Å². The van der Waals surface area contributed by atoms with Crippen LogP contribution in [-0.4, -0.2) is 31.6 Å². The Morgan fingerprint density at radius 2 is 1.96 bits per heavy atom. The Balaban J connectivity index is 1.52. The quantitative estimate of drug-likeness (QED) is 0.819. The highest BCUT2D eigenvalue weighted by Crippen LogP contribution is 2.55. The molecule has 2 fully saturated rings. The maximum atomic E-state index is 5.37. The van der Waals surface area contributed by atoms with Crippen LogP contribution in [0.15, 0.2) is 42.5 Å².